The maximum Gasteiger partial charge on any atom is 0.243 e. The first-order valence-corrected chi connectivity index (χ1v) is 8.17. The molecule has 1 amide bonds. The van der Waals surface area contributed by atoms with Crippen molar-refractivity contribution >= 4 is 27.5 Å². The first-order valence-electron chi connectivity index (χ1n) is 6.35. The Labute approximate surface area is 128 Å². The van der Waals surface area contributed by atoms with E-state index in [9.17, 15) is 13.2 Å². The lowest BCUT2D eigenvalue weighted by Gasteiger charge is -2.33. The molecule has 0 bridgehead atoms. The average Bonchev–Trinajstić information content (AvgIpc) is 2.48. The van der Waals surface area contributed by atoms with Crippen molar-refractivity contribution in [2.45, 2.75) is 11.3 Å². The molecule has 0 aromatic heterocycles. The van der Waals surface area contributed by atoms with Gasteiger partial charge in [0.2, 0.25) is 15.9 Å². The average molecular weight is 328 g/mol. The number of sulfonamides is 1. The van der Waals surface area contributed by atoms with E-state index in [4.69, 9.17) is 16.9 Å². The van der Waals surface area contributed by atoms with Gasteiger partial charge in [0.15, 0.2) is 0 Å². The van der Waals surface area contributed by atoms with Crippen molar-refractivity contribution in [2.75, 3.05) is 26.2 Å². The van der Waals surface area contributed by atoms with Crippen molar-refractivity contribution in [3.05, 3.63) is 29.3 Å². The van der Waals surface area contributed by atoms with Crippen molar-refractivity contribution < 1.29 is 13.2 Å². The molecule has 8 heteroatoms. The topological polar surface area (TPSA) is 81.5 Å². The number of piperazine rings is 1. The fourth-order valence-corrected chi connectivity index (χ4v) is 3.66. The van der Waals surface area contributed by atoms with Crippen LogP contribution in [0.15, 0.2) is 29.2 Å². The molecule has 0 unspecified atom stereocenters. The predicted molar refractivity (Wildman–Crippen MR) is 77.0 cm³/mol. The van der Waals surface area contributed by atoms with E-state index in [1.165, 1.54) is 33.5 Å². The van der Waals surface area contributed by atoms with Gasteiger partial charge in [-0.15, -0.1) is 0 Å². The summed E-state index contributed by atoms with van der Waals surface area (Å²) >= 11 is 5.75. The summed E-state index contributed by atoms with van der Waals surface area (Å²) in [6.45, 7) is 1.05. The van der Waals surface area contributed by atoms with Gasteiger partial charge in [0, 0.05) is 31.2 Å². The number of hydrogen-bond acceptors (Lipinski definition) is 4. The van der Waals surface area contributed by atoms with Crippen LogP contribution in [-0.2, 0) is 14.8 Å². The van der Waals surface area contributed by atoms with Crippen LogP contribution in [0.25, 0.3) is 0 Å². The van der Waals surface area contributed by atoms with E-state index in [-0.39, 0.29) is 30.3 Å². The molecule has 1 aliphatic heterocycles. The minimum absolute atomic E-state index is 0.177. The fraction of sp³-hybridized carbons (Fsp3) is 0.385. The summed E-state index contributed by atoms with van der Waals surface area (Å²) in [4.78, 5) is 13.3. The van der Waals surface area contributed by atoms with Crippen LogP contribution < -0.4 is 0 Å². The molecule has 1 saturated heterocycles. The van der Waals surface area contributed by atoms with Crippen LogP contribution >= 0.6 is 11.6 Å². The third-order valence-corrected chi connectivity index (χ3v) is 5.44. The van der Waals surface area contributed by atoms with Gasteiger partial charge in [0.25, 0.3) is 0 Å². The highest BCUT2D eigenvalue weighted by atomic mass is 35.5. The van der Waals surface area contributed by atoms with Gasteiger partial charge < -0.3 is 4.90 Å². The van der Waals surface area contributed by atoms with E-state index < -0.39 is 10.0 Å². The summed E-state index contributed by atoms with van der Waals surface area (Å²) in [5, 5.41) is 8.98. The Morgan fingerprint density at radius 3 is 2.29 bits per heavy atom. The zero-order valence-electron chi connectivity index (χ0n) is 11.2. The Morgan fingerprint density at radius 1 is 1.19 bits per heavy atom. The van der Waals surface area contributed by atoms with Crippen LogP contribution in [0.4, 0.5) is 0 Å². The summed E-state index contributed by atoms with van der Waals surface area (Å²) in [5.74, 6) is -0.263. The SMILES string of the molecule is N#CCC(=O)N1CCN(S(=O)(=O)c2ccc(Cl)cc2)CC1. The second-order valence-corrected chi connectivity index (χ2v) is 6.95. The lowest BCUT2D eigenvalue weighted by atomic mass is 10.3. The molecule has 1 aliphatic rings. The smallest absolute Gasteiger partial charge is 0.243 e. The van der Waals surface area contributed by atoms with Crippen LogP contribution in [0.5, 0.6) is 0 Å². The number of carbonyl (C=O) groups excluding carboxylic acids is 1. The van der Waals surface area contributed by atoms with Gasteiger partial charge in [-0.3, -0.25) is 4.79 Å². The molecule has 112 valence electrons. The second-order valence-electron chi connectivity index (χ2n) is 4.57. The summed E-state index contributed by atoms with van der Waals surface area (Å²) < 4.78 is 26.2. The predicted octanol–water partition coefficient (Wildman–Crippen LogP) is 1.09. The highest BCUT2D eigenvalue weighted by Crippen LogP contribution is 2.19. The van der Waals surface area contributed by atoms with Crippen LogP contribution in [0.1, 0.15) is 6.42 Å². The van der Waals surface area contributed by atoms with Crippen molar-refractivity contribution in [3.8, 4) is 6.07 Å². The highest BCUT2D eigenvalue weighted by Gasteiger charge is 2.29. The Kier molecular flexibility index (Phi) is 4.83. The molecule has 6 nitrogen and oxygen atoms in total. The van der Waals surface area contributed by atoms with E-state index in [0.717, 1.165) is 0 Å². The number of benzene rings is 1. The van der Waals surface area contributed by atoms with Crippen molar-refractivity contribution in [1.29, 1.82) is 5.26 Å². The Bertz CT molecular complexity index is 659. The van der Waals surface area contributed by atoms with E-state index in [1.807, 2.05) is 0 Å². The highest BCUT2D eigenvalue weighted by molar-refractivity contribution is 7.89. The largest absolute Gasteiger partial charge is 0.339 e. The maximum absolute atomic E-state index is 12.4. The standard InChI is InChI=1S/C13H14ClN3O3S/c14-11-1-3-12(4-2-11)21(19,20)17-9-7-16(8-10-17)13(18)5-6-15/h1-4H,5,7-10H2. The van der Waals surface area contributed by atoms with Crippen molar-refractivity contribution in [2.24, 2.45) is 0 Å². The first-order chi connectivity index (χ1) is 9.95. The molecule has 0 radical (unpaired) electrons. The molecule has 0 aliphatic carbocycles. The van der Waals surface area contributed by atoms with Gasteiger partial charge in [0.1, 0.15) is 6.42 Å². The Balaban J connectivity index is 2.06. The van der Waals surface area contributed by atoms with Gasteiger partial charge in [-0.2, -0.15) is 9.57 Å². The lowest BCUT2D eigenvalue weighted by molar-refractivity contribution is -0.131. The normalized spacial score (nSPS) is 16.5. The third-order valence-electron chi connectivity index (χ3n) is 3.27. The fourth-order valence-electron chi connectivity index (χ4n) is 2.11. The molecule has 0 atom stereocenters. The molecule has 1 aromatic carbocycles. The molecular formula is C13H14ClN3O3S. The molecule has 21 heavy (non-hydrogen) atoms. The molecular weight excluding hydrogens is 314 g/mol. The van der Waals surface area contributed by atoms with Crippen LogP contribution in [0.3, 0.4) is 0 Å². The third kappa shape index (κ3) is 3.53. The molecule has 1 aromatic rings. The summed E-state index contributed by atoms with van der Waals surface area (Å²) in [5.41, 5.74) is 0. The summed E-state index contributed by atoms with van der Waals surface area (Å²) in [6, 6.07) is 7.79. The zero-order chi connectivity index (χ0) is 15.5. The van der Waals surface area contributed by atoms with Gasteiger partial charge in [-0.1, -0.05) is 11.6 Å². The van der Waals surface area contributed by atoms with Crippen LogP contribution in [-0.4, -0.2) is 49.7 Å². The molecule has 0 spiro atoms. The number of carbonyl (C=O) groups is 1. The quantitative estimate of drug-likeness (QED) is 0.832. The minimum atomic E-state index is -3.57. The first kappa shape index (κ1) is 15.8. The summed E-state index contributed by atoms with van der Waals surface area (Å²) in [7, 11) is -3.57. The molecule has 1 fully saturated rings. The van der Waals surface area contributed by atoms with Gasteiger partial charge >= 0.3 is 0 Å². The number of hydrogen-bond donors (Lipinski definition) is 0. The lowest BCUT2D eigenvalue weighted by Crippen LogP contribution is -2.50. The van der Waals surface area contributed by atoms with E-state index >= 15 is 0 Å². The van der Waals surface area contributed by atoms with Crippen molar-refractivity contribution in [1.82, 2.24) is 9.21 Å². The van der Waals surface area contributed by atoms with Gasteiger partial charge in [-0.25, -0.2) is 8.42 Å². The number of halogens is 1. The minimum Gasteiger partial charge on any atom is -0.339 e. The second kappa shape index (κ2) is 6.43. The zero-order valence-corrected chi connectivity index (χ0v) is 12.8. The Hall–Kier alpha value is -1.62. The van der Waals surface area contributed by atoms with Crippen molar-refractivity contribution in [3.63, 3.8) is 0 Å². The van der Waals surface area contributed by atoms with E-state index in [2.05, 4.69) is 0 Å². The van der Waals surface area contributed by atoms with Gasteiger partial charge in [0.05, 0.1) is 11.0 Å². The molecule has 2 rings (SSSR count). The Morgan fingerprint density at radius 2 is 1.76 bits per heavy atom. The van der Waals surface area contributed by atoms with Crippen LogP contribution in [0, 0.1) is 11.3 Å². The van der Waals surface area contributed by atoms with E-state index in [1.54, 1.807) is 6.07 Å². The summed E-state index contributed by atoms with van der Waals surface area (Å²) in [6.07, 6.45) is -0.177. The number of amides is 1. The molecule has 0 saturated carbocycles. The van der Waals surface area contributed by atoms with E-state index in [0.29, 0.717) is 18.1 Å². The molecule has 0 N–H and O–H groups in total. The monoisotopic (exact) mass is 327 g/mol. The number of nitriles is 1. The van der Waals surface area contributed by atoms with Gasteiger partial charge in [-0.05, 0) is 24.3 Å². The number of rotatable bonds is 3. The maximum atomic E-state index is 12.4. The number of nitrogens with zero attached hydrogens (tertiary/aromatic N) is 3. The molecule has 1 heterocycles. The van der Waals surface area contributed by atoms with Crippen LogP contribution in [0.2, 0.25) is 5.02 Å².